The van der Waals surface area contributed by atoms with Gasteiger partial charge in [0.2, 0.25) is 10.0 Å². The quantitative estimate of drug-likeness (QED) is 0.804. The summed E-state index contributed by atoms with van der Waals surface area (Å²) in [5.74, 6) is -0.126. The number of carbonyl (C=O) groups excluding carboxylic acids is 1. The molecule has 6 nitrogen and oxygen atoms in total. The molecule has 1 aromatic carbocycles. The molecular weight excluding hydrogens is 384 g/mol. The van der Waals surface area contributed by atoms with Gasteiger partial charge in [0.15, 0.2) is 0 Å². The van der Waals surface area contributed by atoms with Crippen molar-refractivity contribution in [2.45, 2.75) is 11.3 Å². The van der Waals surface area contributed by atoms with E-state index in [0.29, 0.717) is 19.8 Å². The van der Waals surface area contributed by atoms with E-state index in [-0.39, 0.29) is 25.9 Å². The molecule has 1 unspecified atom stereocenters. The maximum absolute atomic E-state index is 12.1. The van der Waals surface area contributed by atoms with Crippen LogP contribution in [0.1, 0.15) is 16.8 Å². The second kappa shape index (κ2) is 6.62. The summed E-state index contributed by atoms with van der Waals surface area (Å²) in [5, 5.41) is 7.95. The van der Waals surface area contributed by atoms with E-state index in [1.54, 1.807) is 0 Å². The van der Waals surface area contributed by atoms with Crippen molar-refractivity contribution >= 4 is 43.5 Å². The molecule has 1 atom stereocenters. The minimum absolute atomic E-state index is 0.107. The van der Waals surface area contributed by atoms with Gasteiger partial charge in [-0.3, -0.25) is 4.79 Å². The number of rotatable bonds is 4. The molecular formula is C12H14BrClN2O4S. The Morgan fingerprint density at radius 2 is 2.24 bits per heavy atom. The van der Waals surface area contributed by atoms with E-state index in [0.717, 1.165) is 6.42 Å². The van der Waals surface area contributed by atoms with Crippen molar-refractivity contribution < 1.29 is 17.9 Å². The van der Waals surface area contributed by atoms with Crippen LogP contribution in [0.4, 0.5) is 0 Å². The Morgan fingerprint density at radius 3 is 2.81 bits per heavy atom. The van der Waals surface area contributed by atoms with Crippen LogP contribution in [0.3, 0.4) is 0 Å². The molecule has 1 aliphatic rings. The number of amides is 1. The molecule has 3 N–H and O–H groups in total. The van der Waals surface area contributed by atoms with E-state index in [1.807, 2.05) is 0 Å². The number of primary sulfonamides is 1. The third-order valence-corrected chi connectivity index (χ3v) is 5.72. The van der Waals surface area contributed by atoms with Gasteiger partial charge < -0.3 is 10.1 Å². The summed E-state index contributed by atoms with van der Waals surface area (Å²) < 4.78 is 28.3. The fourth-order valence-electron chi connectivity index (χ4n) is 1.99. The first-order valence-electron chi connectivity index (χ1n) is 6.17. The Balaban J connectivity index is 2.19. The molecule has 1 aromatic rings. The highest BCUT2D eigenvalue weighted by Crippen LogP contribution is 2.30. The van der Waals surface area contributed by atoms with Gasteiger partial charge in [0, 0.05) is 24.6 Å². The molecule has 116 valence electrons. The summed E-state index contributed by atoms with van der Waals surface area (Å²) in [6.45, 7) is 1.78. The van der Waals surface area contributed by atoms with Crippen molar-refractivity contribution in [1.82, 2.24) is 5.32 Å². The second-order valence-corrected chi connectivity index (χ2v) is 7.48. The highest BCUT2D eigenvalue weighted by atomic mass is 79.9. The monoisotopic (exact) mass is 396 g/mol. The SMILES string of the molecule is NS(=O)(=O)c1cc(C(=O)NCC2CCOC2)cc(Cl)c1Br. The van der Waals surface area contributed by atoms with Crippen LogP contribution in [0.5, 0.6) is 0 Å². The zero-order valence-corrected chi connectivity index (χ0v) is 14.1. The molecule has 0 radical (unpaired) electrons. The van der Waals surface area contributed by atoms with E-state index < -0.39 is 15.9 Å². The lowest BCUT2D eigenvalue weighted by molar-refractivity contribution is 0.0944. The molecule has 0 spiro atoms. The van der Waals surface area contributed by atoms with Crippen molar-refractivity contribution in [3.05, 3.63) is 27.2 Å². The number of ether oxygens (including phenoxy) is 1. The van der Waals surface area contributed by atoms with Crippen LogP contribution in [0, 0.1) is 5.92 Å². The van der Waals surface area contributed by atoms with Gasteiger partial charge in [0.25, 0.3) is 5.91 Å². The molecule has 9 heteroatoms. The predicted molar refractivity (Wildman–Crippen MR) is 81.8 cm³/mol. The first-order chi connectivity index (χ1) is 9.79. The molecule has 1 heterocycles. The van der Waals surface area contributed by atoms with Gasteiger partial charge in [-0.25, -0.2) is 13.6 Å². The predicted octanol–water partition coefficient (Wildman–Crippen LogP) is 1.52. The summed E-state index contributed by atoms with van der Waals surface area (Å²) in [4.78, 5) is 11.9. The van der Waals surface area contributed by atoms with Crippen LogP contribution in [0.15, 0.2) is 21.5 Å². The van der Waals surface area contributed by atoms with Crippen molar-refractivity contribution in [2.75, 3.05) is 19.8 Å². The fraction of sp³-hybridized carbons (Fsp3) is 0.417. The average molecular weight is 398 g/mol. The van der Waals surface area contributed by atoms with Crippen molar-refractivity contribution in [2.24, 2.45) is 11.1 Å². The maximum Gasteiger partial charge on any atom is 0.251 e. The van der Waals surface area contributed by atoms with E-state index in [9.17, 15) is 13.2 Å². The highest BCUT2D eigenvalue weighted by molar-refractivity contribution is 9.10. The molecule has 1 saturated heterocycles. The summed E-state index contributed by atoms with van der Waals surface area (Å²) >= 11 is 8.98. The lowest BCUT2D eigenvalue weighted by Gasteiger charge is -2.11. The summed E-state index contributed by atoms with van der Waals surface area (Å²) in [7, 11) is -3.97. The van der Waals surface area contributed by atoms with Gasteiger partial charge in [-0.15, -0.1) is 0 Å². The molecule has 21 heavy (non-hydrogen) atoms. The zero-order chi connectivity index (χ0) is 15.6. The molecule has 0 aliphatic carbocycles. The van der Waals surface area contributed by atoms with Gasteiger partial charge in [-0.2, -0.15) is 0 Å². The van der Waals surface area contributed by atoms with Gasteiger partial charge >= 0.3 is 0 Å². The minimum Gasteiger partial charge on any atom is -0.381 e. The van der Waals surface area contributed by atoms with Crippen LogP contribution in [0.2, 0.25) is 5.02 Å². The number of benzene rings is 1. The Labute approximate surface area is 136 Å². The van der Waals surface area contributed by atoms with Crippen LogP contribution < -0.4 is 10.5 Å². The number of nitrogens with two attached hydrogens (primary N) is 1. The topological polar surface area (TPSA) is 98.5 Å². The molecule has 0 saturated carbocycles. The van der Waals surface area contributed by atoms with Crippen LogP contribution in [-0.2, 0) is 14.8 Å². The van der Waals surface area contributed by atoms with Gasteiger partial charge in [-0.1, -0.05) is 11.6 Å². The zero-order valence-electron chi connectivity index (χ0n) is 10.9. The number of hydrogen-bond donors (Lipinski definition) is 2. The molecule has 1 fully saturated rings. The smallest absolute Gasteiger partial charge is 0.251 e. The van der Waals surface area contributed by atoms with E-state index in [2.05, 4.69) is 21.2 Å². The summed E-state index contributed by atoms with van der Waals surface area (Å²) in [6.07, 6.45) is 0.893. The largest absolute Gasteiger partial charge is 0.381 e. The molecule has 0 aromatic heterocycles. The molecule has 1 aliphatic heterocycles. The Morgan fingerprint density at radius 1 is 1.52 bits per heavy atom. The fourth-order valence-corrected chi connectivity index (χ4v) is 3.82. The Bertz CT molecular complexity index is 659. The number of sulfonamides is 1. The van der Waals surface area contributed by atoms with Crippen LogP contribution in [-0.4, -0.2) is 34.1 Å². The van der Waals surface area contributed by atoms with Crippen LogP contribution >= 0.6 is 27.5 Å². The van der Waals surface area contributed by atoms with E-state index in [1.165, 1.54) is 12.1 Å². The lowest BCUT2D eigenvalue weighted by Crippen LogP contribution is -2.29. The van der Waals surface area contributed by atoms with E-state index in [4.69, 9.17) is 21.5 Å². The van der Waals surface area contributed by atoms with E-state index >= 15 is 0 Å². The van der Waals surface area contributed by atoms with Crippen molar-refractivity contribution in [3.63, 3.8) is 0 Å². The average Bonchev–Trinajstić information content (AvgIpc) is 2.90. The third-order valence-electron chi connectivity index (χ3n) is 3.14. The number of halogens is 2. The van der Waals surface area contributed by atoms with Gasteiger partial charge in [-0.05, 0) is 34.5 Å². The standard InChI is InChI=1S/C12H14BrClN2O4S/c13-11-9(14)3-8(4-10(11)21(15,18)19)12(17)16-5-7-1-2-20-6-7/h3-4,7H,1-2,5-6H2,(H,16,17)(H2,15,18,19). The highest BCUT2D eigenvalue weighted by Gasteiger charge is 2.21. The molecule has 1 amide bonds. The third kappa shape index (κ3) is 4.17. The first kappa shape index (κ1) is 16.7. The number of hydrogen-bond acceptors (Lipinski definition) is 4. The number of nitrogens with one attached hydrogen (secondary N) is 1. The second-order valence-electron chi connectivity index (χ2n) is 4.75. The lowest BCUT2D eigenvalue weighted by atomic mass is 10.1. The molecule has 2 rings (SSSR count). The van der Waals surface area contributed by atoms with Crippen LogP contribution in [0.25, 0.3) is 0 Å². The number of carbonyl (C=O) groups is 1. The Kier molecular flexibility index (Phi) is 5.26. The minimum atomic E-state index is -3.97. The molecule has 0 bridgehead atoms. The van der Waals surface area contributed by atoms with Gasteiger partial charge in [0.1, 0.15) is 0 Å². The van der Waals surface area contributed by atoms with Crippen molar-refractivity contribution in [3.8, 4) is 0 Å². The summed E-state index contributed by atoms with van der Waals surface area (Å²) in [5.41, 5.74) is 0.145. The maximum atomic E-state index is 12.1. The first-order valence-corrected chi connectivity index (χ1v) is 8.88. The normalized spacial score (nSPS) is 18.7. The Hall–Kier alpha value is -0.670. The summed E-state index contributed by atoms with van der Waals surface area (Å²) in [6, 6.07) is 2.59. The van der Waals surface area contributed by atoms with Crippen molar-refractivity contribution in [1.29, 1.82) is 0 Å². The van der Waals surface area contributed by atoms with Gasteiger partial charge in [0.05, 0.1) is 21.0 Å².